The molecule has 1 fully saturated rings. The summed E-state index contributed by atoms with van der Waals surface area (Å²) in [6.07, 6.45) is 1.11. The molecule has 2 N–H and O–H groups in total. The number of para-hydroxylation sites is 2. The minimum absolute atomic E-state index is 0.0424. The average Bonchev–Trinajstić information content (AvgIpc) is 2.73. The van der Waals surface area contributed by atoms with E-state index in [1.165, 1.54) is 0 Å². The fourth-order valence-corrected chi connectivity index (χ4v) is 3.66. The molecule has 0 aliphatic carbocycles. The smallest absolute Gasteiger partial charge is 0.191 e. The second kappa shape index (κ2) is 10.5. The van der Waals surface area contributed by atoms with Gasteiger partial charge in [0.1, 0.15) is 12.7 Å². The molecule has 0 bridgehead atoms. The third-order valence-electron chi connectivity index (χ3n) is 5.10. The van der Waals surface area contributed by atoms with Crippen LogP contribution in [0.25, 0.3) is 0 Å². The third-order valence-corrected chi connectivity index (χ3v) is 5.10. The van der Waals surface area contributed by atoms with Crippen LogP contribution >= 0.6 is 0 Å². The fourth-order valence-electron chi connectivity index (χ4n) is 3.66. The number of fused-ring (bicyclic) bond motifs is 1. The van der Waals surface area contributed by atoms with Crippen LogP contribution in [0.1, 0.15) is 20.3 Å². The quantitative estimate of drug-likeness (QED) is 0.546. The lowest BCUT2D eigenvalue weighted by Crippen LogP contribution is -2.52. The first-order chi connectivity index (χ1) is 13.7. The van der Waals surface area contributed by atoms with Crippen molar-refractivity contribution in [2.75, 3.05) is 53.0 Å². The number of benzene rings is 1. The van der Waals surface area contributed by atoms with E-state index in [9.17, 15) is 0 Å². The number of nitrogens with zero attached hydrogens (tertiary/aromatic N) is 2. The molecule has 2 aliphatic rings. The number of guanidine groups is 1. The van der Waals surface area contributed by atoms with Gasteiger partial charge in [0.05, 0.1) is 19.8 Å². The van der Waals surface area contributed by atoms with Crippen molar-refractivity contribution in [3.8, 4) is 11.5 Å². The van der Waals surface area contributed by atoms with Crippen molar-refractivity contribution >= 4 is 5.96 Å². The molecule has 1 aromatic carbocycles. The summed E-state index contributed by atoms with van der Waals surface area (Å²) in [5.41, 5.74) is 0. The molecule has 2 unspecified atom stereocenters. The lowest BCUT2D eigenvalue weighted by atomic mass is 10.0. The zero-order chi connectivity index (χ0) is 19.8. The minimum atomic E-state index is -0.0424. The maximum atomic E-state index is 6.01. The molecule has 28 heavy (non-hydrogen) atoms. The highest BCUT2D eigenvalue weighted by Crippen LogP contribution is 2.30. The van der Waals surface area contributed by atoms with Crippen LogP contribution in [-0.4, -0.2) is 76.1 Å². The lowest BCUT2D eigenvalue weighted by Gasteiger charge is -2.36. The molecule has 7 nitrogen and oxygen atoms in total. The molecule has 0 radical (unpaired) electrons. The van der Waals surface area contributed by atoms with Gasteiger partial charge in [0.15, 0.2) is 17.5 Å². The highest BCUT2D eigenvalue weighted by molar-refractivity contribution is 5.79. The zero-order valence-electron chi connectivity index (χ0n) is 17.3. The van der Waals surface area contributed by atoms with E-state index < -0.39 is 0 Å². The molecule has 2 atom stereocenters. The van der Waals surface area contributed by atoms with Crippen LogP contribution in [0.15, 0.2) is 29.3 Å². The molecular weight excluding hydrogens is 356 g/mol. The predicted octanol–water partition coefficient (Wildman–Crippen LogP) is 1.74. The van der Waals surface area contributed by atoms with Gasteiger partial charge in [0, 0.05) is 32.7 Å². The average molecular weight is 391 g/mol. The van der Waals surface area contributed by atoms with Gasteiger partial charge in [-0.25, -0.2) is 0 Å². The molecule has 156 valence electrons. The van der Waals surface area contributed by atoms with Crippen LogP contribution in [0.3, 0.4) is 0 Å². The van der Waals surface area contributed by atoms with Gasteiger partial charge in [0.25, 0.3) is 0 Å². The molecule has 2 aliphatic heterocycles. The normalized spacial score (nSPS) is 21.4. The number of aliphatic imine (C=N–C) groups is 1. The van der Waals surface area contributed by atoms with Crippen molar-refractivity contribution in [2.45, 2.75) is 32.4 Å². The third kappa shape index (κ3) is 6.01. The molecule has 1 aromatic rings. The van der Waals surface area contributed by atoms with Gasteiger partial charge in [-0.1, -0.05) is 26.0 Å². The summed E-state index contributed by atoms with van der Waals surface area (Å²) in [5.74, 6) is 3.05. The molecule has 7 heteroatoms. The molecule has 0 spiro atoms. The molecule has 1 saturated heterocycles. The number of morpholine rings is 1. The highest BCUT2D eigenvalue weighted by atomic mass is 16.6. The van der Waals surface area contributed by atoms with Crippen molar-refractivity contribution in [1.29, 1.82) is 0 Å². The summed E-state index contributed by atoms with van der Waals surface area (Å²) < 4.78 is 17.3. The Morgan fingerprint density at radius 1 is 1.18 bits per heavy atom. The van der Waals surface area contributed by atoms with E-state index in [1.807, 2.05) is 24.3 Å². The van der Waals surface area contributed by atoms with Gasteiger partial charge < -0.3 is 24.8 Å². The van der Waals surface area contributed by atoms with E-state index in [0.29, 0.717) is 25.1 Å². The van der Waals surface area contributed by atoms with Gasteiger partial charge >= 0.3 is 0 Å². The first kappa shape index (κ1) is 20.7. The minimum Gasteiger partial charge on any atom is -0.486 e. The molecule has 3 rings (SSSR count). The lowest BCUT2D eigenvalue weighted by molar-refractivity contribution is 0.0132. The maximum absolute atomic E-state index is 6.01. The van der Waals surface area contributed by atoms with Crippen molar-refractivity contribution in [2.24, 2.45) is 10.9 Å². The Morgan fingerprint density at radius 2 is 1.93 bits per heavy atom. The maximum Gasteiger partial charge on any atom is 0.191 e. The van der Waals surface area contributed by atoms with Crippen LogP contribution in [0.2, 0.25) is 0 Å². The number of hydrogen-bond acceptors (Lipinski definition) is 5. The van der Waals surface area contributed by atoms with Gasteiger partial charge in [-0.2, -0.15) is 0 Å². The summed E-state index contributed by atoms with van der Waals surface area (Å²) in [6, 6.07) is 8.25. The SMILES string of the molecule is CN=C(NCC1COc2ccccc2O1)NCC(CC(C)C)N1CCOCC1. The fraction of sp³-hybridized carbons (Fsp3) is 0.667. The summed E-state index contributed by atoms with van der Waals surface area (Å²) in [6.45, 7) is 10.2. The highest BCUT2D eigenvalue weighted by Gasteiger charge is 2.23. The Balaban J connectivity index is 1.47. The molecule has 0 aromatic heterocycles. The van der Waals surface area contributed by atoms with Gasteiger partial charge in [0.2, 0.25) is 0 Å². The summed E-state index contributed by atoms with van der Waals surface area (Å²) in [7, 11) is 1.80. The number of hydrogen-bond donors (Lipinski definition) is 2. The number of rotatable bonds is 7. The van der Waals surface area contributed by atoms with E-state index in [4.69, 9.17) is 14.2 Å². The predicted molar refractivity (Wildman–Crippen MR) is 111 cm³/mol. The van der Waals surface area contributed by atoms with Crippen molar-refractivity contribution in [3.05, 3.63) is 24.3 Å². The standard InChI is InChI=1S/C21H34N4O3/c1-16(2)12-17(25-8-10-26-11-9-25)13-23-21(22-3)24-14-18-15-27-19-6-4-5-7-20(19)28-18/h4-7,16-18H,8-15H2,1-3H3,(H2,22,23,24). The van der Waals surface area contributed by atoms with Crippen LogP contribution in [0.5, 0.6) is 11.5 Å². The van der Waals surface area contributed by atoms with E-state index in [0.717, 1.165) is 56.7 Å². The molecular formula is C21H34N4O3. The summed E-state index contributed by atoms with van der Waals surface area (Å²) >= 11 is 0. The molecule has 0 amide bonds. The van der Waals surface area contributed by atoms with Crippen LogP contribution in [-0.2, 0) is 4.74 Å². The van der Waals surface area contributed by atoms with Crippen LogP contribution < -0.4 is 20.1 Å². The van der Waals surface area contributed by atoms with E-state index >= 15 is 0 Å². The monoisotopic (exact) mass is 390 g/mol. The largest absolute Gasteiger partial charge is 0.486 e. The Morgan fingerprint density at radius 3 is 2.64 bits per heavy atom. The van der Waals surface area contributed by atoms with Crippen molar-refractivity contribution in [3.63, 3.8) is 0 Å². The van der Waals surface area contributed by atoms with E-state index in [-0.39, 0.29) is 6.10 Å². The Labute approximate surface area is 168 Å². The summed E-state index contributed by atoms with van der Waals surface area (Å²) in [5, 5.41) is 6.86. The Kier molecular flexibility index (Phi) is 7.80. The number of ether oxygens (including phenoxy) is 3. The van der Waals surface area contributed by atoms with Crippen molar-refractivity contribution < 1.29 is 14.2 Å². The van der Waals surface area contributed by atoms with Crippen LogP contribution in [0.4, 0.5) is 0 Å². The van der Waals surface area contributed by atoms with Crippen molar-refractivity contribution in [1.82, 2.24) is 15.5 Å². The van der Waals surface area contributed by atoms with E-state index in [2.05, 4.69) is 34.4 Å². The Bertz CT molecular complexity index is 632. The molecule has 2 heterocycles. The topological polar surface area (TPSA) is 67.4 Å². The van der Waals surface area contributed by atoms with E-state index in [1.54, 1.807) is 7.05 Å². The zero-order valence-corrected chi connectivity index (χ0v) is 17.3. The first-order valence-electron chi connectivity index (χ1n) is 10.3. The second-order valence-corrected chi connectivity index (χ2v) is 7.76. The van der Waals surface area contributed by atoms with Gasteiger partial charge in [-0.15, -0.1) is 0 Å². The first-order valence-corrected chi connectivity index (χ1v) is 10.3. The van der Waals surface area contributed by atoms with Gasteiger partial charge in [-0.3, -0.25) is 9.89 Å². The number of nitrogens with one attached hydrogen (secondary N) is 2. The second-order valence-electron chi connectivity index (χ2n) is 7.76. The Hall–Kier alpha value is -1.99. The molecule has 0 saturated carbocycles. The van der Waals surface area contributed by atoms with Crippen LogP contribution in [0, 0.1) is 5.92 Å². The van der Waals surface area contributed by atoms with Gasteiger partial charge in [-0.05, 0) is 24.5 Å². The summed E-state index contributed by atoms with van der Waals surface area (Å²) in [4.78, 5) is 6.89.